The molecule has 1 aromatic heterocycles. The van der Waals surface area contributed by atoms with Gasteiger partial charge in [-0.2, -0.15) is 0 Å². The lowest BCUT2D eigenvalue weighted by atomic mass is 10.0. The predicted octanol–water partition coefficient (Wildman–Crippen LogP) is 4.08. The Balaban J connectivity index is 1.42. The maximum absolute atomic E-state index is 12.5. The zero-order chi connectivity index (χ0) is 21.1. The number of thiazole rings is 1. The first-order chi connectivity index (χ1) is 14.4. The van der Waals surface area contributed by atoms with Gasteiger partial charge in [0.05, 0.1) is 17.7 Å². The van der Waals surface area contributed by atoms with Crippen molar-refractivity contribution in [2.75, 3.05) is 17.1 Å². The maximum atomic E-state index is 12.5. The second kappa shape index (κ2) is 8.45. The minimum atomic E-state index is -3.74. The Morgan fingerprint density at radius 2 is 1.73 bits per heavy atom. The fraction of sp³-hybridized carbons (Fsp3) is 0.238. The molecule has 0 saturated heterocycles. The summed E-state index contributed by atoms with van der Waals surface area (Å²) in [5.74, 6) is 0.302. The Kier molecular flexibility index (Phi) is 5.74. The predicted molar refractivity (Wildman–Crippen MR) is 117 cm³/mol. The van der Waals surface area contributed by atoms with Gasteiger partial charge in [-0.15, -0.1) is 11.3 Å². The zero-order valence-electron chi connectivity index (χ0n) is 16.3. The highest BCUT2D eigenvalue weighted by molar-refractivity contribution is 7.92. The smallest absolute Gasteiger partial charge is 0.261 e. The third kappa shape index (κ3) is 4.47. The highest BCUT2D eigenvalue weighted by Crippen LogP contribution is 2.30. The van der Waals surface area contributed by atoms with Gasteiger partial charge in [0.25, 0.3) is 15.9 Å². The molecule has 0 unspecified atom stereocenters. The molecule has 1 aliphatic carbocycles. The number of fused-ring (bicyclic) bond motifs is 1. The lowest BCUT2D eigenvalue weighted by molar-refractivity contribution is 0.102. The van der Waals surface area contributed by atoms with Crippen LogP contribution in [0.5, 0.6) is 5.75 Å². The van der Waals surface area contributed by atoms with Crippen LogP contribution >= 0.6 is 11.3 Å². The summed E-state index contributed by atoms with van der Waals surface area (Å²) in [6.45, 7) is 0. The number of aryl methyl sites for hydroxylation is 2. The molecule has 0 aliphatic heterocycles. The molecule has 0 radical (unpaired) electrons. The normalized spacial score (nSPS) is 13.4. The van der Waals surface area contributed by atoms with Crippen LogP contribution < -0.4 is 14.8 Å². The van der Waals surface area contributed by atoms with Crippen molar-refractivity contribution >= 4 is 38.1 Å². The molecule has 0 spiro atoms. The molecule has 1 aliphatic rings. The SMILES string of the molecule is COc1ccc(S(=O)(=O)Nc2ccc(C(=O)Nc3nc4c(s3)CCCC4)cc2)cc1. The van der Waals surface area contributed by atoms with Crippen molar-refractivity contribution in [1.82, 2.24) is 4.98 Å². The molecular formula is C21H21N3O4S2. The fourth-order valence-electron chi connectivity index (χ4n) is 3.23. The average Bonchev–Trinajstić information content (AvgIpc) is 3.16. The summed E-state index contributed by atoms with van der Waals surface area (Å²) in [5, 5.41) is 3.45. The summed E-state index contributed by atoms with van der Waals surface area (Å²) < 4.78 is 32.6. The maximum Gasteiger partial charge on any atom is 0.261 e. The first-order valence-electron chi connectivity index (χ1n) is 9.51. The summed E-state index contributed by atoms with van der Waals surface area (Å²) in [5.41, 5.74) is 1.88. The third-order valence-corrected chi connectivity index (χ3v) is 7.31. The number of nitrogens with zero attached hydrogens (tertiary/aromatic N) is 1. The Morgan fingerprint density at radius 1 is 1.03 bits per heavy atom. The first kappa shape index (κ1) is 20.4. The molecule has 30 heavy (non-hydrogen) atoms. The van der Waals surface area contributed by atoms with Crippen LogP contribution in [0.2, 0.25) is 0 Å². The molecule has 4 rings (SSSR count). The Morgan fingerprint density at radius 3 is 2.40 bits per heavy atom. The molecule has 3 aromatic rings. The largest absolute Gasteiger partial charge is 0.497 e. The number of aromatic nitrogens is 1. The number of benzene rings is 2. The van der Waals surface area contributed by atoms with E-state index >= 15 is 0 Å². The van der Waals surface area contributed by atoms with Crippen LogP contribution in [-0.4, -0.2) is 26.4 Å². The van der Waals surface area contributed by atoms with E-state index in [0.29, 0.717) is 22.1 Å². The second-order valence-corrected chi connectivity index (χ2v) is 9.67. The number of amides is 1. The fourth-order valence-corrected chi connectivity index (χ4v) is 5.34. The van der Waals surface area contributed by atoms with Gasteiger partial charge in [-0.25, -0.2) is 13.4 Å². The van der Waals surface area contributed by atoms with Crippen LogP contribution in [0, 0.1) is 0 Å². The summed E-state index contributed by atoms with van der Waals surface area (Å²) in [7, 11) is -2.22. The minimum absolute atomic E-state index is 0.123. The average molecular weight is 444 g/mol. The quantitative estimate of drug-likeness (QED) is 0.598. The molecule has 7 nitrogen and oxygen atoms in total. The molecular weight excluding hydrogens is 422 g/mol. The van der Waals surface area contributed by atoms with Gasteiger partial charge >= 0.3 is 0 Å². The number of carbonyl (C=O) groups is 1. The summed E-state index contributed by atoms with van der Waals surface area (Å²) in [6.07, 6.45) is 4.28. The van der Waals surface area contributed by atoms with Gasteiger partial charge in [0, 0.05) is 16.1 Å². The van der Waals surface area contributed by atoms with Gasteiger partial charge in [-0.1, -0.05) is 0 Å². The van der Waals surface area contributed by atoms with E-state index in [1.54, 1.807) is 36.4 Å². The molecule has 2 aromatic carbocycles. The van der Waals surface area contributed by atoms with Crippen molar-refractivity contribution in [3.05, 3.63) is 64.7 Å². The van der Waals surface area contributed by atoms with Gasteiger partial charge in [0.1, 0.15) is 5.75 Å². The number of rotatable bonds is 6. The van der Waals surface area contributed by atoms with Gasteiger partial charge in [-0.05, 0) is 74.2 Å². The van der Waals surface area contributed by atoms with Crippen molar-refractivity contribution in [2.24, 2.45) is 0 Å². The number of ether oxygens (including phenoxy) is 1. The van der Waals surface area contributed by atoms with Gasteiger partial charge in [-0.3, -0.25) is 14.8 Å². The minimum Gasteiger partial charge on any atom is -0.497 e. The Hall–Kier alpha value is -2.91. The monoisotopic (exact) mass is 443 g/mol. The number of carbonyl (C=O) groups excluding carboxylic acids is 1. The van der Waals surface area contributed by atoms with Crippen molar-refractivity contribution in [2.45, 2.75) is 30.6 Å². The number of methoxy groups -OCH3 is 1. The third-order valence-electron chi connectivity index (χ3n) is 4.84. The molecule has 156 valence electrons. The van der Waals surface area contributed by atoms with Crippen molar-refractivity contribution in [1.29, 1.82) is 0 Å². The molecule has 0 bridgehead atoms. The van der Waals surface area contributed by atoms with Gasteiger partial charge < -0.3 is 4.74 Å². The number of sulfonamides is 1. The standard InChI is InChI=1S/C21H21N3O4S2/c1-28-16-10-12-17(13-11-16)30(26,27)24-15-8-6-14(7-9-15)20(25)23-21-22-18-4-2-3-5-19(18)29-21/h6-13,24H,2-5H2,1H3,(H,22,23,25). The first-order valence-corrected chi connectivity index (χ1v) is 11.8. The molecule has 0 saturated carbocycles. The molecule has 0 atom stereocenters. The zero-order valence-corrected chi connectivity index (χ0v) is 18.0. The van der Waals surface area contributed by atoms with Crippen molar-refractivity contribution in [3.63, 3.8) is 0 Å². The van der Waals surface area contributed by atoms with E-state index in [0.717, 1.165) is 31.4 Å². The number of hydrogen-bond donors (Lipinski definition) is 2. The Labute approximate surface area is 179 Å². The van der Waals surface area contributed by atoms with E-state index in [2.05, 4.69) is 15.0 Å². The van der Waals surface area contributed by atoms with E-state index in [4.69, 9.17) is 4.74 Å². The summed E-state index contributed by atoms with van der Waals surface area (Å²) in [4.78, 5) is 18.4. The number of nitrogens with one attached hydrogen (secondary N) is 2. The topological polar surface area (TPSA) is 97.4 Å². The van der Waals surface area contributed by atoms with Crippen LogP contribution in [0.25, 0.3) is 0 Å². The van der Waals surface area contributed by atoms with E-state index in [9.17, 15) is 13.2 Å². The molecule has 0 fully saturated rings. The van der Waals surface area contributed by atoms with Crippen LogP contribution in [0.15, 0.2) is 53.4 Å². The van der Waals surface area contributed by atoms with Crippen LogP contribution in [0.1, 0.15) is 33.8 Å². The van der Waals surface area contributed by atoms with E-state index in [1.165, 1.54) is 35.5 Å². The van der Waals surface area contributed by atoms with Crippen LogP contribution in [-0.2, 0) is 22.9 Å². The lowest BCUT2D eigenvalue weighted by Gasteiger charge is -2.09. The van der Waals surface area contributed by atoms with Crippen molar-refractivity contribution in [3.8, 4) is 5.75 Å². The number of hydrogen-bond acceptors (Lipinski definition) is 6. The van der Waals surface area contributed by atoms with Gasteiger partial charge in [0.15, 0.2) is 5.13 Å². The van der Waals surface area contributed by atoms with E-state index < -0.39 is 10.0 Å². The molecule has 9 heteroatoms. The van der Waals surface area contributed by atoms with Gasteiger partial charge in [0.2, 0.25) is 0 Å². The van der Waals surface area contributed by atoms with E-state index in [-0.39, 0.29) is 10.8 Å². The van der Waals surface area contributed by atoms with Crippen LogP contribution in [0.4, 0.5) is 10.8 Å². The van der Waals surface area contributed by atoms with Crippen molar-refractivity contribution < 1.29 is 17.9 Å². The molecule has 2 N–H and O–H groups in total. The summed E-state index contributed by atoms with van der Waals surface area (Å²) >= 11 is 1.53. The lowest BCUT2D eigenvalue weighted by Crippen LogP contribution is -2.14. The summed E-state index contributed by atoms with van der Waals surface area (Å²) in [6, 6.07) is 12.4. The number of anilines is 2. The highest BCUT2D eigenvalue weighted by atomic mass is 32.2. The highest BCUT2D eigenvalue weighted by Gasteiger charge is 2.18. The Bertz CT molecular complexity index is 1130. The molecule has 1 amide bonds. The molecule has 1 heterocycles. The van der Waals surface area contributed by atoms with Crippen LogP contribution in [0.3, 0.4) is 0 Å². The second-order valence-electron chi connectivity index (χ2n) is 6.91. The van der Waals surface area contributed by atoms with E-state index in [1.807, 2.05) is 0 Å².